The molecule has 3 saturated heterocycles. The van der Waals surface area contributed by atoms with Crippen LogP contribution in [0.3, 0.4) is 0 Å². The van der Waals surface area contributed by atoms with Gasteiger partial charge in [0.05, 0.1) is 23.8 Å². The van der Waals surface area contributed by atoms with Crippen LogP contribution in [0.1, 0.15) is 33.7 Å². The SMILES string of the molecule is O=C(NC[C@H]1[C@H]2CN(C(=O)c3ccncn3)C[C@]23CC[C@H]1O3)c1ccccc1F. The minimum atomic E-state index is -0.534. The van der Waals surface area contributed by atoms with Gasteiger partial charge < -0.3 is 15.0 Å². The number of carbonyl (C=O) groups is 2. The second kappa shape index (κ2) is 6.88. The van der Waals surface area contributed by atoms with Crippen molar-refractivity contribution in [1.29, 1.82) is 0 Å². The number of halogens is 1. The maximum absolute atomic E-state index is 13.9. The largest absolute Gasteiger partial charge is 0.369 e. The van der Waals surface area contributed by atoms with Crippen LogP contribution < -0.4 is 5.32 Å². The molecule has 4 heterocycles. The van der Waals surface area contributed by atoms with Gasteiger partial charge in [-0.25, -0.2) is 14.4 Å². The molecule has 150 valence electrons. The summed E-state index contributed by atoms with van der Waals surface area (Å²) < 4.78 is 20.2. The molecule has 0 saturated carbocycles. The van der Waals surface area contributed by atoms with Crippen LogP contribution in [0.2, 0.25) is 0 Å². The average Bonchev–Trinajstić information content (AvgIpc) is 3.41. The lowest BCUT2D eigenvalue weighted by Crippen LogP contribution is -2.42. The van der Waals surface area contributed by atoms with Crippen molar-refractivity contribution in [2.45, 2.75) is 24.5 Å². The maximum Gasteiger partial charge on any atom is 0.272 e. The zero-order valence-corrected chi connectivity index (χ0v) is 15.8. The van der Waals surface area contributed by atoms with Gasteiger partial charge in [-0.05, 0) is 31.0 Å². The lowest BCUT2D eigenvalue weighted by Gasteiger charge is -2.29. The third kappa shape index (κ3) is 2.98. The lowest BCUT2D eigenvalue weighted by molar-refractivity contribution is 0.00311. The summed E-state index contributed by atoms with van der Waals surface area (Å²) >= 11 is 0. The quantitative estimate of drug-likeness (QED) is 0.850. The Balaban J connectivity index is 1.29. The van der Waals surface area contributed by atoms with E-state index in [1.807, 2.05) is 0 Å². The van der Waals surface area contributed by atoms with Gasteiger partial charge >= 0.3 is 0 Å². The molecule has 29 heavy (non-hydrogen) atoms. The predicted octanol–water partition coefficient (Wildman–Crippen LogP) is 1.67. The van der Waals surface area contributed by atoms with Crippen molar-refractivity contribution >= 4 is 11.8 Å². The Morgan fingerprint density at radius 3 is 2.97 bits per heavy atom. The highest BCUT2D eigenvalue weighted by Crippen LogP contribution is 2.54. The van der Waals surface area contributed by atoms with E-state index in [9.17, 15) is 14.0 Å². The second-order valence-electron chi connectivity index (χ2n) is 8.00. The highest BCUT2D eigenvalue weighted by atomic mass is 19.1. The Kier molecular flexibility index (Phi) is 4.31. The number of fused-ring (bicyclic) bond motifs is 1. The molecule has 4 atom stereocenters. The third-order valence-corrected chi connectivity index (χ3v) is 6.49. The van der Waals surface area contributed by atoms with Crippen LogP contribution in [-0.4, -0.2) is 58.0 Å². The Morgan fingerprint density at radius 2 is 2.17 bits per heavy atom. The van der Waals surface area contributed by atoms with Crippen molar-refractivity contribution in [3.05, 3.63) is 59.9 Å². The number of amides is 2. The molecule has 8 heteroatoms. The second-order valence-corrected chi connectivity index (χ2v) is 8.00. The number of rotatable bonds is 4. The van der Waals surface area contributed by atoms with Crippen molar-refractivity contribution in [2.75, 3.05) is 19.6 Å². The molecule has 0 radical (unpaired) electrons. The number of benzene rings is 1. The minimum absolute atomic E-state index is 0.0401. The van der Waals surface area contributed by atoms with Gasteiger partial charge in [0, 0.05) is 31.1 Å². The summed E-state index contributed by atoms with van der Waals surface area (Å²) in [7, 11) is 0. The van der Waals surface area contributed by atoms with Gasteiger partial charge in [0.1, 0.15) is 17.8 Å². The van der Waals surface area contributed by atoms with Gasteiger partial charge in [-0.2, -0.15) is 0 Å². The average molecular weight is 396 g/mol. The molecule has 2 aromatic rings. The number of ether oxygens (including phenoxy) is 1. The van der Waals surface area contributed by atoms with E-state index in [0.717, 1.165) is 12.8 Å². The Morgan fingerprint density at radius 1 is 1.31 bits per heavy atom. The highest BCUT2D eigenvalue weighted by Gasteiger charge is 2.63. The first-order chi connectivity index (χ1) is 14.1. The standard InChI is InChI=1S/C21H21FN4O3/c22-16-4-2-1-3-13(16)19(27)24-9-14-15-10-26(11-21(15)7-5-18(14)29-21)20(28)17-6-8-23-12-25-17/h1-4,6,8,12,14-15,18H,5,7,9-11H2,(H,24,27)/t14-,15+,18+,21+/m0/s1. The summed E-state index contributed by atoms with van der Waals surface area (Å²) in [4.78, 5) is 34.9. The molecule has 1 N–H and O–H groups in total. The highest BCUT2D eigenvalue weighted by molar-refractivity contribution is 5.94. The van der Waals surface area contributed by atoms with Crippen LogP contribution in [0, 0.1) is 17.7 Å². The van der Waals surface area contributed by atoms with Crippen LogP contribution in [-0.2, 0) is 4.74 Å². The predicted molar refractivity (Wildman–Crippen MR) is 100 cm³/mol. The van der Waals surface area contributed by atoms with E-state index in [0.29, 0.717) is 25.3 Å². The van der Waals surface area contributed by atoms with Crippen LogP contribution in [0.4, 0.5) is 4.39 Å². The molecule has 1 aromatic carbocycles. The Labute approximate surface area is 167 Å². The molecule has 3 fully saturated rings. The molecular formula is C21H21FN4O3. The Hall–Kier alpha value is -2.87. The normalized spacial score (nSPS) is 29.7. The molecule has 1 spiro atoms. The number of nitrogens with one attached hydrogen (secondary N) is 1. The maximum atomic E-state index is 13.9. The molecule has 0 unspecified atom stereocenters. The smallest absolute Gasteiger partial charge is 0.272 e. The van der Waals surface area contributed by atoms with Crippen molar-refractivity contribution in [2.24, 2.45) is 11.8 Å². The molecular weight excluding hydrogens is 375 g/mol. The molecule has 7 nitrogen and oxygen atoms in total. The minimum Gasteiger partial charge on any atom is -0.369 e. The molecule has 0 aliphatic carbocycles. The van der Waals surface area contributed by atoms with E-state index < -0.39 is 11.7 Å². The molecule has 5 rings (SSSR count). The fourth-order valence-electron chi connectivity index (χ4n) is 5.15. The number of likely N-dealkylation sites (tertiary alicyclic amines) is 1. The van der Waals surface area contributed by atoms with Gasteiger partial charge in [-0.15, -0.1) is 0 Å². The zero-order chi connectivity index (χ0) is 20.0. The fourth-order valence-corrected chi connectivity index (χ4v) is 5.15. The topological polar surface area (TPSA) is 84.4 Å². The molecule has 3 aliphatic rings. The first-order valence-electron chi connectivity index (χ1n) is 9.83. The van der Waals surface area contributed by atoms with Gasteiger partial charge in [0.15, 0.2) is 0 Å². The molecule has 3 aliphatic heterocycles. The van der Waals surface area contributed by atoms with E-state index in [4.69, 9.17) is 4.74 Å². The summed E-state index contributed by atoms with van der Waals surface area (Å²) in [6.45, 7) is 1.51. The zero-order valence-electron chi connectivity index (χ0n) is 15.8. The molecule has 2 bridgehead atoms. The van der Waals surface area contributed by atoms with E-state index in [1.165, 1.54) is 18.5 Å². The molecule has 2 amide bonds. The van der Waals surface area contributed by atoms with Gasteiger partial charge in [0.25, 0.3) is 11.8 Å². The van der Waals surface area contributed by atoms with E-state index in [2.05, 4.69) is 15.3 Å². The van der Waals surface area contributed by atoms with Crippen LogP contribution >= 0.6 is 0 Å². The number of aromatic nitrogens is 2. The van der Waals surface area contributed by atoms with Crippen molar-refractivity contribution in [1.82, 2.24) is 20.2 Å². The van der Waals surface area contributed by atoms with E-state index >= 15 is 0 Å². The van der Waals surface area contributed by atoms with Gasteiger partial charge in [-0.1, -0.05) is 12.1 Å². The first kappa shape index (κ1) is 18.2. The number of carbonyl (C=O) groups excluding carboxylic acids is 2. The molecule has 1 aromatic heterocycles. The summed E-state index contributed by atoms with van der Waals surface area (Å²) in [6, 6.07) is 7.56. The monoisotopic (exact) mass is 396 g/mol. The van der Waals surface area contributed by atoms with Crippen molar-refractivity contribution in [3.63, 3.8) is 0 Å². The van der Waals surface area contributed by atoms with E-state index in [1.54, 1.807) is 29.3 Å². The van der Waals surface area contributed by atoms with Crippen molar-refractivity contribution < 1.29 is 18.7 Å². The van der Waals surface area contributed by atoms with Crippen molar-refractivity contribution in [3.8, 4) is 0 Å². The van der Waals surface area contributed by atoms with Crippen LogP contribution in [0.25, 0.3) is 0 Å². The summed E-state index contributed by atoms with van der Waals surface area (Å²) in [5.74, 6) is -0.840. The third-order valence-electron chi connectivity index (χ3n) is 6.49. The first-order valence-corrected chi connectivity index (χ1v) is 9.83. The van der Waals surface area contributed by atoms with Crippen LogP contribution in [0.5, 0.6) is 0 Å². The number of hydrogen-bond donors (Lipinski definition) is 1. The number of nitrogens with zero attached hydrogens (tertiary/aromatic N) is 3. The number of hydrogen-bond acceptors (Lipinski definition) is 5. The van der Waals surface area contributed by atoms with E-state index in [-0.39, 0.29) is 35.0 Å². The Bertz CT molecular complexity index is 956. The van der Waals surface area contributed by atoms with Gasteiger partial charge in [-0.3, -0.25) is 9.59 Å². The summed E-state index contributed by atoms with van der Waals surface area (Å²) in [6.07, 6.45) is 4.81. The van der Waals surface area contributed by atoms with Gasteiger partial charge in [0.2, 0.25) is 0 Å². The lowest BCUT2D eigenvalue weighted by atomic mass is 9.73. The summed E-state index contributed by atoms with van der Waals surface area (Å²) in [5.41, 5.74) is 0.0643. The fraction of sp³-hybridized carbons (Fsp3) is 0.429. The van der Waals surface area contributed by atoms with Crippen LogP contribution in [0.15, 0.2) is 42.9 Å². The summed E-state index contributed by atoms with van der Waals surface area (Å²) in [5, 5.41) is 2.87.